The number of sulfonamides is 1. The van der Waals surface area contributed by atoms with Gasteiger partial charge in [-0.2, -0.15) is 0 Å². The Morgan fingerprint density at radius 3 is 2.40 bits per heavy atom. The van der Waals surface area contributed by atoms with E-state index in [9.17, 15) is 8.42 Å². The predicted molar refractivity (Wildman–Crippen MR) is 82.8 cm³/mol. The predicted octanol–water partition coefficient (Wildman–Crippen LogP) is 2.22. The Hall–Kier alpha value is -1.27. The SMILES string of the molecule is CCCOc1ccc(NS(=O)(=O)CCNC(C)C)cc1. The Kier molecular flexibility index (Phi) is 6.81. The van der Waals surface area contributed by atoms with Crippen LogP contribution in [-0.2, 0) is 10.0 Å². The zero-order valence-electron chi connectivity index (χ0n) is 12.3. The molecule has 0 atom stereocenters. The molecular weight excluding hydrogens is 276 g/mol. The summed E-state index contributed by atoms with van der Waals surface area (Å²) >= 11 is 0. The highest BCUT2D eigenvalue weighted by atomic mass is 32.2. The third kappa shape index (κ3) is 6.77. The van der Waals surface area contributed by atoms with E-state index in [1.165, 1.54) is 0 Å². The van der Waals surface area contributed by atoms with E-state index in [-0.39, 0.29) is 11.8 Å². The Balaban J connectivity index is 2.50. The van der Waals surface area contributed by atoms with Crippen LogP contribution < -0.4 is 14.8 Å². The van der Waals surface area contributed by atoms with E-state index in [1.54, 1.807) is 24.3 Å². The van der Waals surface area contributed by atoms with Crippen LogP contribution >= 0.6 is 0 Å². The second-order valence-electron chi connectivity index (χ2n) is 4.90. The van der Waals surface area contributed by atoms with Crippen molar-refractivity contribution in [2.24, 2.45) is 0 Å². The molecule has 5 nitrogen and oxygen atoms in total. The molecule has 0 saturated carbocycles. The summed E-state index contributed by atoms with van der Waals surface area (Å²) in [5, 5.41) is 3.08. The molecule has 0 aliphatic heterocycles. The molecule has 0 fully saturated rings. The normalized spacial score (nSPS) is 11.6. The van der Waals surface area contributed by atoms with E-state index in [1.807, 2.05) is 20.8 Å². The van der Waals surface area contributed by atoms with Gasteiger partial charge in [-0.25, -0.2) is 8.42 Å². The van der Waals surface area contributed by atoms with E-state index in [0.29, 0.717) is 18.8 Å². The van der Waals surface area contributed by atoms with E-state index in [4.69, 9.17) is 4.74 Å². The maximum atomic E-state index is 11.9. The van der Waals surface area contributed by atoms with Gasteiger partial charge in [-0.3, -0.25) is 4.72 Å². The number of benzene rings is 1. The van der Waals surface area contributed by atoms with Gasteiger partial charge >= 0.3 is 0 Å². The molecular formula is C14H24N2O3S. The lowest BCUT2D eigenvalue weighted by molar-refractivity contribution is 0.317. The van der Waals surface area contributed by atoms with Gasteiger partial charge in [0.1, 0.15) is 5.75 Å². The Bertz CT molecular complexity index is 484. The van der Waals surface area contributed by atoms with Crippen molar-refractivity contribution in [3.63, 3.8) is 0 Å². The Morgan fingerprint density at radius 1 is 1.20 bits per heavy atom. The molecule has 6 heteroatoms. The summed E-state index contributed by atoms with van der Waals surface area (Å²) in [5.41, 5.74) is 0.554. The average molecular weight is 300 g/mol. The minimum atomic E-state index is -3.31. The fourth-order valence-electron chi connectivity index (χ4n) is 1.55. The molecule has 1 aromatic carbocycles. The van der Waals surface area contributed by atoms with Crippen molar-refractivity contribution < 1.29 is 13.2 Å². The standard InChI is InChI=1S/C14H24N2O3S/c1-4-10-19-14-7-5-13(6-8-14)16-20(17,18)11-9-15-12(2)3/h5-8,12,15-16H,4,9-11H2,1-3H3. The van der Waals surface area contributed by atoms with Crippen LogP contribution in [0.4, 0.5) is 5.69 Å². The fourth-order valence-corrected chi connectivity index (χ4v) is 2.54. The maximum Gasteiger partial charge on any atom is 0.233 e. The van der Waals surface area contributed by atoms with Gasteiger partial charge in [-0.15, -0.1) is 0 Å². The number of hydrogen-bond acceptors (Lipinski definition) is 4. The molecule has 20 heavy (non-hydrogen) atoms. The van der Waals surface area contributed by atoms with Gasteiger partial charge in [-0.1, -0.05) is 20.8 Å². The smallest absolute Gasteiger partial charge is 0.233 e. The molecule has 114 valence electrons. The molecule has 0 heterocycles. The second-order valence-corrected chi connectivity index (χ2v) is 6.74. The Morgan fingerprint density at radius 2 is 1.85 bits per heavy atom. The second kappa shape index (κ2) is 8.11. The molecule has 0 spiro atoms. The summed E-state index contributed by atoms with van der Waals surface area (Å²) in [6, 6.07) is 7.22. The number of rotatable bonds is 9. The zero-order chi connectivity index (χ0) is 15.0. The van der Waals surface area contributed by atoms with Crippen molar-refractivity contribution >= 4 is 15.7 Å². The molecule has 1 rings (SSSR count). The van der Waals surface area contributed by atoms with Crippen LogP contribution in [0.3, 0.4) is 0 Å². The summed E-state index contributed by atoms with van der Waals surface area (Å²) in [4.78, 5) is 0. The lowest BCUT2D eigenvalue weighted by atomic mass is 10.3. The molecule has 0 saturated heterocycles. The Labute approximate surface area is 121 Å². The average Bonchev–Trinajstić information content (AvgIpc) is 2.37. The first kappa shape index (κ1) is 16.8. The quantitative estimate of drug-likeness (QED) is 0.734. The highest BCUT2D eigenvalue weighted by molar-refractivity contribution is 7.92. The van der Waals surface area contributed by atoms with Gasteiger partial charge in [-0.05, 0) is 30.7 Å². The van der Waals surface area contributed by atoms with Crippen molar-refractivity contribution in [3.05, 3.63) is 24.3 Å². The lowest BCUT2D eigenvalue weighted by Gasteiger charge is -2.11. The number of hydrogen-bond donors (Lipinski definition) is 2. The largest absolute Gasteiger partial charge is 0.494 e. The first-order chi connectivity index (χ1) is 9.43. The first-order valence-electron chi connectivity index (χ1n) is 6.89. The summed E-state index contributed by atoms with van der Waals surface area (Å²) in [6.45, 7) is 7.09. The summed E-state index contributed by atoms with van der Waals surface area (Å²) in [5.74, 6) is 0.801. The molecule has 2 N–H and O–H groups in total. The van der Waals surface area contributed by atoms with Gasteiger partial charge < -0.3 is 10.1 Å². The van der Waals surface area contributed by atoms with Gasteiger partial charge in [0.05, 0.1) is 12.4 Å². The maximum absolute atomic E-state index is 11.9. The topological polar surface area (TPSA) is 67.4 Å². The van der Waals surface area contributed by atoms with Gasteiger partial charge in [0, 0.05) is 18.3 Å². The minimum Gasteiger partial charge on any atom is -0.494 e. The number of nitrogens with one attached hydrogen (secondary N) is 2. The van der Waals surface area contributed by atoms with Crippen LogP contribution in [0, 0.1) is 0 Å². The molecule has 1 aromatic rings. The van der Waals surface area contributed by atoms with Crippen LogP contribution in [0.2, 0.25) is 0 Å². The highest BCUT2D eigenvalue weighted by Crippen LogP contribution is 2.16. The number of ether oxygens (including phenoxy) is 1. The van der Waals surface area contributed by atoms with Gasteiger partial charge in [0.2, 0.25) is 10.0 Å². The number of anilines is 1. The van der Waals surface area contributed by atoms with Crippen molar-refractivity contribution in [2.75, 3.05) is 23.6 Å². The van der Waals surface area contributed by atoms with Gasteiger partial charge in [0.15, 0.2) is 0 Å². The fraction of sp³-hybridized carbons (Fsp3) is 0.571. The van der Waals surface area contributed by atoms with Gasteiger partial charge in [0.25, 0.3) is 0 Å². The molecule has 0 aliphatic carbocycles. The van der Waals surface area contributed by atoms with Crippen molar-refractivity contribution in [1.82, 2.24) is 5.32 Å². The van der Waals surface area contributed by atoms with E-state index < -0.39 is 10.0 Å². The zero-order valence-corrected chi connectivity index (χ0v) is 13.2. The molecule has 0 unspecified atom stereocenters. The molecule has 0 amide bonds. The lowest BCUT2D eigenvalue weighted by Crippen LogP contribution is -2.30. The van der Waals surface area contributed by atoms with E-state index >= 15 is 0 Å². The van der Waals surface area contributed by atoms with E-state index in [0.717, 1.165) is 12.2 Å². The van der Waals surface area contributed by atoms with Crippen LogP contribution in [0.1, 0.15) is 27.2 Å². The van der Waals surface area contributed by atoms with Crippen molar-refractivity contribution in [1.29, 1.82) is 0 Å². The van der Waals surface area contributed by atoms with E-state index in [2.05, 4.69) is 10.0 Å². The highest BCUT2D eigenvalue weighted by Gasteiger charge is 2.10. The molecule has 0 bridgehead atoms. The molecule has 0 aromatic heterocycles. The summed E-state index contributed by atoms with van der Waals surface area (Å²) in [6.07, 6.45) is 0.942. The monoisotopic (exact) mass is 300 g/mol. The summed E-state index contributed by atoms with van der Waals surface area (Å²) in [7, 11) is -3.31. The third-order valence-corrected chi connectivity index (χ3v) is 3.81. The van der Waals surface area contributed by atoms with Crippen LogP contribution in [-0.4, -0.2) is 33.4 Å². The third-order valence-electron chi connectivity index (χ3n) is 2.52. The summed E-state index contributed by atoms with van der Waals surface area (Å²) < 4.78 is 31.7. The first-order valence-corrected chi connectivity index (χ1v) is 8.55. The van der Waals surface area contributed by atoms with Crippen LogP contribution in [0.15, 0.2) is 24.3 Å². The van der Waals surface area contributed by atoms with Crippen LogP contribution in [0.25, 0.3) is 0 Å². The van der Waals surface area contributed by atoms with Crippen molar-refractivity contribution in [2.45, 2.75) is 33.2 Å². The van der Waals surface area contributed by atoms with Crippen molar-refractivity contribution in [3.8, 4) is 5.75 Å². The minimum absolute atomic E-state index is 0.0548. The molecule has 0 aliphatic rings. The molecule has 0 radical (unpaired) electrons. The van der Waals surface area contributed by atoms with Crippen LogP contribution in [0.5, 0.6) is 5.75 Å².